The summed E-state index contributed by atoms with van der Waals surface area (Å²) in [5, 5.41) is 46.3. The van der Waals surface area contributed by atoms with Crippen LogP contribution in [0.4, 0.5) is 11.4 Å². The van der Waals surface area contributed by atoms with E-state index in [2.05, 4.69) is 10.6 Å². The van der Waals surface area contributed by atoms with Gasteiger partial charge in [-0.3, -0.25) is 9.59 Å². The molecule has 0 atom stereocenters. The highest BCUT2D eigenvalue weighted by Gasteiger charge is 2.13. The molecule has 4 rings (SSSR count). The molecule has 0 aliphatic heterocycles. The number of hydrogen-bond donors (Lipinski definition) is 4. The predicted molar refractivity (Wildman–Crippen MR) is 134 cm³/mol. The van der Waals surface area contributed by atoms with Crippen LogP contribution in [0.15, 0.2) is 84.9 Å². The lowest BCUT2D eigenvalue weighted by molar-refractivity contribution is -0.256. The van der Waals surface area contributed by atoms with Crippen LogP contribution in [0.25, 0.3) is 0 Å². The molecule has 0 spiro atoms. The molecule has 39 heavy (non-hydrogen) atoms. The van der Waals surface area contributed by atoms with E-state index in [1.165, 1.54) is 72.8 Å². The van der Waals surface area contributed by atoms with Crippen LogP contribution in [-0.2, 0) is 0 Å². The largest absolute Gasteiger partial charge is 0.545 e. The van der Waals surface area contributed by atoms with E-state index in [0.717, 1.165) is 12.1 Å². The fraction of sp³-hybridized carbons (Fsp3) is 0. The minimum Gasteiger partial charge on any atom is -0.545 e. The molecule has 0 aliphatic carbocycles. The number of anilines is 2. The van der Waals surface area contributed by atoms with E-state index in [9.17, 15) is 39.6 Å². The number of carbonyl (C=O) groups is 4. The standard InChI is InChI=1S/C28H20N2O9/c31-17-5-11-23(21(13-17)27(35)36)29-25(33)15-1-7-19(8-2-15)39-20-9-3-16(4-10-20)26(34)30-24-12-6-18(32)14-22(24)28(37)38/h1-14,31-32H,(H,29,33)(H,30,34)(H,35,36)(H,37,38)/p-2. The number of carboxylic acids is 2. The molecule has 0 heterocycles. The SMILES string of the molecule is O=C(Nc1ccc(O)cc1C(=O)[O-])c1ccc(Oc2ccc(C(=O)Nc3ccc(O)cc3C(=O)[O-])cc2)cc1. The number of aromatic hydroxyl groups is 2. The molecule has 4 N–H and O–H groups in total. The molecule has 0 radical (unpaired) electrons. The molecule has 0 aromatic heterocycles. The third kappa shape index (κ3) is 6.30. The molecule has 11 nitrogen and oxygen atoms in total. The molecule has 0 saturated heterocycles. The van der Waals surface area contributed by atoms with Crippen molar-refractivity contribution in [1.82, 2.24) is 0 Å². The molecular weight excluding hydrogens is 508 g/mol. The summed E-state index contributed by atoms with van der Waals surface area (Å²) in [6.07, 6.45) is 0. The Balaban J connectivity index is 1.40. The Morgan fingerprint density at radius 1 is 0.564 bits per heavy atom. The minimum atomic E-state index is -1.56. The van der Waals surface area contributed by atoms with Gasteiger partial charge in [0.15, 0.2) is 0 Å². The van der Waals surface area contributed by atoms with Crippen molar-refractivity contribution in [1.29, 1.82) is 0 Å². The van der Waals surface area contributed by atoms with Gasteiger partial charge in [-0.2, -0.15) is 0 Å². The summed E-state index contributed by atoms with van der Waals surface area (Å²) in [4.78, 5) is 47.6. The van der Waals surface area contributed by atoms with Crippen LogP contribution >= 0.6 is 0 Å². The van der Waals surface area contributed by atoms with Crippen molar-refractivity contribution in [2.75, 3.05) is 10.6 Å². The maximum Gasteiger partial charge on any atom is 0.255 e. The van der Waals surface area contributed by atoms with E-state index < -0.39 is 23.8 Å². The van der Waals surface area contributed by atoms with Gasteiger partial charge in [-0.15, -0.1) is 0 Å². The Labute approximate surface area is 220 Å². The molecule has 0 saturated carbocycles. The molecule has 196 valence electrons. The van der Waals surface area contributed by atoms with Gasteiger partial charge in [-0.05, 0) is 84.9 Å². The lowest BCUT2D eigenvalue weighted by Crippen LogP contribution is -2.24. The predicted octanol–water partition coefficient (Wildman–Crippen LogP) is 2.12. The number of carbonyl (C=O) groups excluding carboxylic acids is 4. The number of benzene rings is 4. The van der Waals surface area contributed by atoms with Gasteiger partial charge < -0.3 is 45.4 Å². The number of carboxylic acid groups (broad SMARTS) is 2. The van der Waals surface area contributed by atoms with Crippen LogP contribution in [-0.4, -0.2) is 34.0 Å². The number of ether oxygens (including phenoxy) is 1. The third-order valence-corrected chi connectivity index (χ3v) is 5.41. The quantitative estimate of drug-likeness (QED) is 0.249. The number of hydrogen-bond acceptors (Lipinski definition) is 9. The molecule has 4 aromatic carbocycles. The second kappa shape index (κ2) is 11.0. The van der Waals surface area contributed by atoms with Gasteiger partial charge in [0.05, 0.1) is 23.3 Å². The van der Waals surface area contributed by atoms with Crippen LogP contribution < -0.4 is 25.6 Å². The summed E-state index contributed by atoms with van der Waals surface area (Å²) in [5.41, 5.74) is -0.411. The average molecular weight is 526 g/mol. The van der Waals surface area contributed by atoms with Crippen molar-refractivity contribution in [3.8, 4) is 23.0 Å². The van der Waals surface area contributed by atoms with Crippen molar-refractivity contribution in [3.63, 3.8) is 0 Å². The lowest BCUT2D eigenvalue weighted by atomic mass is 10.1. The Morgan fingerprint density at radius 2 is 0.923 bits per heavy atom. The Bertz CT molecular complexity index is 1460. The fourth-order valence-corrected chi connectivity index (χ4v) is 3.49. The summed E-state index contributed by atoms with van der Waals surface area (Å²) in [5.74, 6) is -4.15. The maximum atomic E-state index is 12.5. The average Bonchev–Trinajstić information content (AvgIpc) is 2.91. The highest BCUT2D eigenvalue weighted by Crippen LogP contribution is 2.25. The van der Waals surface area contributed by atoms with E-state index in [0.29, 0.717) is 11.5 Å². The zero-order valence-electron chi connectivity index (χ0n) is 19.8. The smallest absolute Gasteiger partial charge is 0.255 e. The first kappa shape index (κ1) is 26.2. The van der Waals surface area contributed by atoms with Crippen LogP contribution in [0.3, 0.4) is 0 Å². The van der Waals surface area contributed by atoms with E-state index >= 15 is 0 Å². The fourth-order valence-electron chi connectivity index (χ4n) is 3.49. The number of aromatic carboxylic acids is 2. The van der Waals surface area contributed by atoms with E-state index in [-0.39, 0.29) is 45.1 Å². The summed E-state index contributed by atoms with van der Waals surface area (Å²) in [7, 11) is 0. The highest BCUT2D eigenvalue weighted by atomic mass is 16.5. The first-order valence-electron chi connectivity index (χ1n) is 11.2. The molecule has 0 aliphatic rings. The zero-order chi connectivity index (χ0) is 28.1. The molecule has 4 aromatic rings. The van der Waals surface area contributed by atoms with Gasteiger partial charge in [0.25, 0.3) is 11.8 Å². The van der Waals surface area contributed by atoms with Crippen molar-refractivity contribution < 1.29 is 44.3 Å². The third-order valence-electron chi connectivity index (χ3n) is 5.41. The van der Waals surface area contributed by atoms with Gasteiger partial charge in [-0.1, -0.05) is 0 Å². The first-order chi connectivity index (χ1) is 18.6. The monoisotopic (exact) mass is 526 g/mol. The Kier molecular flexibility index (Phi) is 7.43. The van der Waals surface area contributed by atoms with E-state index in [1.54, 1.807) is 0 Å². The molecular formula is C28H18N2O9-2. The molecule has 11 heteroatoms. The second-order valence-electron chi connectivity index (χ2n) is 8.09. The zero-order valence-corrected chi connectivity index (χ0v) is 19.8. The topological polar surface area (TPSA) is 188 Å². The van der Waals surface area contributed by atoms with Crippen LogP contribution in [0.2, 0.25) is 0 Å². The van der Waals surface area contributed by atoms with Crippen molar-refractivity contribution in [3.05, 3.63) is 107 Å². The number of nitrogens with one attached hydrogen (secondary N) is 2. The highest BCUT2D eigenvalue weighted by molar-refractivity contribution is 6.08. The van der Waals surface area contributed by atoms with Crippen molar-refractivity contribution in [2.45, 2.75) is 0 Å². The Hall–Kier alpha value is -5.84. The van der Waals surface area contributed by atoms with Crippen LogP contribution in [0.1, 0.15) is 41.4 Å². The van der Waals surface area contributed by atoms with Crippen molar-refractivity contribution >= 4 is 35.1 Å². The van der Waals surface area contributed by atoms with Crippen molar-refractivity contribution in [2.24, 2.45) is 0 Å². The maximum absolute atomic E-state index is 12.5. The summed E-state index contributed by atoms with van der Waals surface area (Å²) in [6.45, 7) is 0. The van der Waals surface area contributed by atoms with Gasteiger partial charge >= 0.3 is 0 Å². The normalized spacial score (nSPS) is 10.4. The Morgan fingerprint density at radius 3 is 1.26 bits per heavy atom. The second-order valence-corrected chi connectivity index (χ2v) is 8.09. The summed E-state index contributed by atoms with van der Waals surface area (Å²) in [6, 6.07) is 18.8. The molecule has 0 fully saturated rings. The van der Waals surface area contributed by atoms with Gasteiger partial charge in [-0.25, -0.2) is 0 Å². The summed E-state index contributed by atoms with van der Waals surface area (Å²) < 4.78 is 5.72. The molecule has 0 unspecified atom stereocenters. The number of rotatable bonds is 8. The van der Waals surface area contributed by atoms with Gasteiger partial charge in [0.1, 0.15) is 23.0 Å². The van der Waals surface area contributed by atoms with E-state index in [1.807, 2.05) is 0 Å². The van der Waals surface area contributed by atoms with Gasteiger partial charge in [0, 0.05) is 22.3 Å². The molecule has 2 amide bonds. The van der Waals surface area contributed by atoms with Gasteiger partial charge in [0.2, 0.25) is 0 Å². The lowest BCUT2D eigenvalue weighted by Gasteiger charge is -2.13. The number of phenolic OH excluding ortho intramolecular Hbond substituents is 2. The van der Waals surface area contributed by atoms with E-state index in [4.69, 9.17) is 4.74 Å². The number of phenols is 2. The minimum absolute atomic E-state index is 0.0384. The van der Waals surface area contributed by atoms with Crippen LogP contribution in [0.5, 0.6) is 23.0 Å². The summed E-state index contributed by atoms with van der Waals surface area (Å²) >= 11 is 0. The first-order valence-corrected chi connectivity index (χ1v) is 11.2. The number of amides is 2. The van der Waals surface area contributed by atoms with Crippen LogP contribution in [0, 0.1) is 0 Å². The molecule has 0 bridgehead atoms.